The van der Waals surface area contributed by atoms with E-state index < -0.39 is 0 Å². The Bertz CT molecular complexity index is 375. The minimum atomic E-state index is 0.302. The van der Waals surface area contributed by atoms with Gasteiger partial charge in [-0.2, -0.15) is 0 Å². The first-order valence-electron chi connectivity index (χ1n) is 6.94. The van der Waals surface area contributed by atoms with Crippen LogP contribution in [0.3, 0.4) is 0 Å². The maximum absolute atomic E-state index is 10.0. The molecule has 0 bridgehead atoms. The Hall–Kier alpha value is -1.06. The zero-order chi connectivity index (χ0) is 13.0. The summed E-state index contributed by atoms with van der Waals surface area (Å²) >= 11 is 0. The highest BCUT2D eigenvalue weighted by Crippen LogP contribution is 2.32. The molecule has 100 valence electrons. The maximum Gasteiger partial charge on any atom is 0.120 e. The van der Waals surface area contributed by atoms with Crippen molar-refractivity contribution in [1.29, 1.82) is 0 Å². The summed E-state index contributed by atoms with van der Waals surface area (Å²) in [5.74, 6) is 0.417. The summed E-state index contributed by atoms with van der Waals surface area (Å²) < 4.78 is 0. The molecule has 1 fully saturated rings. The third-order valence-corrected chi connectivity index (χ3v) is 4.02. The molecule has 2 unspecified atom stereocenters. The van der Waals surface area contributed by atoms with Crippen molar-refractivity contribution in [2.75, 3.05) is 20.1 Å². The molecule has 2 rings (SSSR count). The fourth-order valence-corrected chi connectivity index (χ4v) is 2.93. The number of nitrogens with zero attached hydrogens (tertiary/aromatic N) is 1. The van der Waals surface area contributed by atoms with Gasteiger partial charge in [-0.15, -0.1) is 0 Å². The van der Waals surface area contributed by atoms with Gasteiger partial charge in [-0.1, -0.05) is 25.1 Å². The Morgan fingerprint density at radius 1 is 1.44 bits per heavy atom. The molecular formula is C15H24N2O. The van der Waals surface area contributed by atoms with E-state index in [4.69, 9.17) is 0 Å². The molecule has 1 aromatic rings. The van der Waals surface area contributed by atoms with Gasteiger partial charge < -0.3 is 10.4 Å². The second kappa shape index (κ2) is 6.21. The number of likely N-dealkylation sites (N-methyl/N-ethyl adjacent to an activating group) is 1. The van der Waals surface area contributed by atoms with E-state index in [0.717, 1.165) is 25.1 Å². The lowest BCUT2D eigenvalue weighted by molar-refractivity contribution is 0.141. The highest BCUT2D eigenvalue weighted by molar-refractivity contribution is 5.34. The maximum atomic E-state index is 10.0. The van der Waals surface area contributed by atoms with Gasteiger partial charge in [0, 0.05) is 24.2 Å². The zero-order valence-corrected chi connectivity index (χ0v) is 11.4. The van der Waals surface area contributed by atoms with Crippen molar-refractivity contribution in [2.45, 2.75) is 38.3 Å². The molecule has 0 radical (unpaired) electrons. The summed E-state index contributed by atoms with van der Waals surface area (Å²) in [7, 11) is 2.18. The Balaban J connectivity index is 2.14. The van der Waals surface area contributed by atoms with Gasteiger partial charge in [-0.05, 0) is 38.9 Å². The predicted octanol–water partition coefficient (Wildman–Crippen LogP) is 2.53. The van der Waals surface area contributed by atoms with E-state index in [1.807, 2.05) is 18.2 Å². The van der Waals surface area contributed by atoms with Crippen molar-refractivity contribution in [2.24, 2.45) is 0 Å². The van der Waals surface area contributed by atoms with E-state index in [-0.39, 0.29) is 0 Å². The Morgan fingerprint density at radius 3 is 2.83 bits per heavy atom. The van der Waals surface area contributed by atoms with E-state index in [1.165, 1.54) is 12.8 Å². The fraction of sp³-hybridized carbons (Fsp3) is 0.600. The summed E-state index contributed by atoms with van der Waals surface area (Å²) in [6.07, 6.45) is 3.50. The lowest BCUT2D eigenvalue weighted by Gasteiger charge is -2.37. The topological polar surface area (TPSA) is 35.5 Å². The van der Waals surface area contributed by atoms with E-state index in [9.17, 15) is 5.11 Å². The molecule has 3 nitrogen and oxygen atoms in total. The van der Waals surface area contributed by atoms with Crippen LogP contribution in [0.5, 0.6) is 5.75 Å². The van der Waals surface area contributed by atoms with Crippen LogP contribution in [0.1, 0.15) is 37.8 Å². The van der Waals surface area contributed by atoms with Crippen LogP contribution in [0.15, 0.2) is 24.3 Å². The number of phenols is 1. The van der Waals surface area contributed by atoms with Crippen LogP contribution in [0.25, 0.3) is 0 Å². The van der Waals surface area contributed by atoms with Crippen molar-refractivity contribution >= 4 is 0 Å². The number of hydrogen-bond acceptors (Lipinski definition) is 3. The first kappa shape index (κ1) is 13.4. The molecular weight excluding hydrogens is 224 g/mol. The molecule has 1 heterocycles. The van der Waals surface area contributed by atoms with Gasteiger partial charge in [-0.25, -0.2) is 0 Å². The predicted molar refractivity (Wildman–Crippen MR) is 74.8 cm³/mol. The van der Waals surface area contributed by atoms with Crippen LogP contribution in [-0.4, -0.2) is 36.2 Å². The molecule has 1 aliphatic heterocycles. The summed E-state index contributed by atoms with van der Waals surface area (Å²) in [6, 6.07) is 8.58. The highest BCUT2D eigenvalue weighted by atomic mass is 16.3. The van der Waals surface area contributed by atoms with Crippen molar-refractivity contribution in [3.8, 4) is 5.75 Å². The van der Waals surface area contributed by atoms with Gasteiger partial charge in [-0.3, -0.25) is 4.90 Å². The smallest absolute Gasteiger partial charge is 0.120 e. The third-order valence-electron chi connectivity index (χ3n) is 4.02. The molecule has 2 N–H and O–H groups in total. The molecule has 0 aromatic heterocycles. The summed E-state index contributed by atoms with van der Waals surface area (Å²) in [5.41, 5.74) is 1.05. The average Bonchev–Trinajstić information content (AvgIpc) is 2.42. The largest absolute Gasteiger partial charge is 0.508 e. The SMILES string of the molecule is CCC(c1ccccc1O)N(C)C1CCCNC1. The van der Waals surface area contributed by atoms with Gasteiger partial charge in [0.2, 0.25) is 0 Å². The Morgan fingerprint density at radius 2 is 2.22 bits per heavy atom. The third kappa shape index (κ3) is 2.85. The van der Waals surface area contributed by atoms with Crippen LogP contribution in [-0.2, 0) is 0 Å². The van der Waals surface area contributed by atoms with Gasteiger partial charge in [0.25, 0.3) is 0 Å². The molecule has 18 heavy (non-hydrogen) atoms. The van der Waals surface area contributed by atoms with Crippen molar-refractivity contribution in [1.82, 2.24) is 10.2 Å². The monoisotopic (exact) mass is 248 g/mol. The van der Waals surface area contributed by atoms with Crippen LogP contribution in [0, 0.1) is 0 Å². The van der Waals surface area contributed by atoms with Crippen molar-refractivity contribution in [3.05, 3.63) is 29.8 Å². The quantitative estimate of drug-likeness (QED) is 0.859. The summed E-state index contributed by atoms with van der Waals surface area (Å²) in [6.45, 7) is 4.38. The Labute approximate surface area is 110 Å². The second-order valence-electron chi connectivity index (χ2n) is 5.15. The second-order valence-corrected chi connectivity index (χ2v) is 5.15. The first-order valence-corrected chi connectivity index (χ1v) is 6.94. The Kier molecular flexibility index (Phi) is 4.61. The lowest BCUT2D eigenvalue weighted by atomic mass is 9.98. The lowest BCUT2D eigenvalue weighted by Crippen LogP contribution is -2.45. The van der Waals surface area contributed by atoms with Gasteiger partial charge >= 0.3 is 0 Å². The normalized spacial score (nSPS) is 22.1. The van der Waals surface area contributed by atoms with Crippen LogP contribution >= 0.6 is 0 Å². The molecule has 0 saturated carbocycles. The number of nitrogens with one attached hydrogen (secondary N) is 1. The summed E-state index contributed by atoms with van der Waals surface area (Å²) in [4.78, 5) is 2.42. The molecule has 0 aliphatic carbocycles. The van der Waals surface area contributed by atoms with Crippen molar-refractivity contribution < 1.29 is 5.11 Å². The van der Waals surface area contributed by atoms with Gasteiger partial charge in [0.1, 0.15) is 5.75 Å². The molecule has 0 spiro atoms. The number of hydrogen-bond donors (Lipinski definition) is 2. The van der Waals surface area contributed by atoms with E-state index in [1.54, 1.807) is 6.07 Å². The minimum Gasteiger partial charge on any atom is -0.508 e. The number of rotatable bonds is 4. The van der Waals surface area contributed by atoms with Gasteiger partial charge in [0.05, 0.1) is 0 Å². The first-order chi connectivity index (χ1) is 8.74. The van der Waals surface area contributed by atoms with Crippen LogP contribution in [0.2, 0.25) is 0 Å². The van der Waals surface area contributed by atoms with Crippen molar-refractivity contribution in [3.63, 3.8) is 0 Å². The highest BCUT2D eigenvalue weighted by Gasteiger charge is 2.25. The van der Waals surface area contributed by atoms with Crippen LogP contribution in [0.4, 0.5) is 0 Å². The van der Waals surface area contributed by atoms with Crippen LogP contribution < -0.4 is 5.32 Å². The molecule has 1 aromatic carbocycles. The molecule has 1 aliphatic rings. The molecule has 2 atom stereocenters. The summed E-state index contributed by atoms with van der Waals surface area (Å²) in [5, 5.41) is 13.5. The van der Waals surface area contributed by atoms with E-state index >= 15 is 0 Å². The standard InChI is InChI=1S/C15H24N2O/c1-3-14(13-8-4-5-9-15(13)18)17(2)12-7-6-10-16-11-12/h4-5,8-9,12,14,16,18H,3,6-7,10-11H2,1-2H3. The number of benzene rings is 1. The minimum absolute atomic E-state index is 0.302. The average molecular weight is 248 g/mol. The molecule has 0 amide bonds. The molecule has 1 saturated heterocycles. The zero-order valence-electron chi connectivity index (χ0n) is 11.4. The number of phenolic OH excluding ortho intramolecular Hbond substituents is 1. The fourth-order valence-electron chi connectivity index (χ4n) is 2.93. The van der Waals surface area contributed by atoms with E-state index in [0.29, 0.717) is 17.8 Å². The van der Waals surface area contributed by atoms with E-state index in [2.05, 4.69) is 24.2 Å². The van der Waals surface area contributed by atoms with Gasteiger partial charge in [0.15, 0.2) is 0 Å². The number of para-hydroxylation sites is 1. The number of piperidine rings is 1. The number of aromatic hydroxyl groups is 1. The molecule has 3 heteroatoms.